The number of para-hydroxylation sites is 5. The molecule has 4 nitrogen and oxygen atoms in total. The van der Waals surface area contributed by atoms with Gasteiger partial charge in [0, 0.05) is 59.7 Å². The van der Waals surface area contributed by atoms with Crippen LogP contribution in [0.2, 0.25) is 0 Å². The van der Waals surface area contributed by atoms with E-state index >= 15 is 0 Å². The van der Waals surface area contributed by atoms with Gasteiger partial charge in [0.05, 0.1) is 44.1 Å². The SMILES string of the molecule is c1ccc(-n2c3ccccc3c3cc(-c4cccc5c6cccc7c8cc9c(nc8n(c45)c76)c4cccc5c6c7ccccc7ccc6n9c45)ccc32)cc1. The second-order valence-electron chi connectivity index (χ2n) is 15.1. The van der Waals surface area contributed by atoms with Crippen LogP contribution in [0.15, 0.2) is 170 Å². The van der Waals surface area contributed by atoms with Crippen LogP contribution in [-0.2, 0) is 0 Å². The van der Waals surface area contributed by atoms with Crippen molar-refractivity contribution in [3.05, 3.63) is 170 Å². The molecule has 0 N–H and O–H groups in total. The molecule has 14 rings (SSSR count). The second kappa shape index (κ2) is 9.75. The first-order chi connectivity index (χ1) is 27.3. The van der Waals surface area contributed by atoms with E-state index < -0.39 is 0 Å². The first kappa shape index (κ1) is 28.1. The molecule has 6 aromatic heterocycles. The van der Waals surface area contributed by atoms with Crippen LogP contribution in [0.25, 0.3) is 126 Å². The lowest BCUT2D eigenvalue weighted by molar-refractivity contribution is 1.18. The summed E-state index contributed by atoms with van der Waals surface area (Å²) >= 11 is 0. The summed E-state index contributed by atoms with van der Waals surface area (Å²) in [4.78, 5) is 5.68. The Morgan fingerprint density at radius 2 is 1.02 bits per heavy atom. The first-order valence-corrected chi connectivity index (χ1v) is 19.0. The van der Waals surface area contributed by atoms with Gasteiger partial charge >= 0.3 is 0 Å². The largest absolute Gasteiger partial charge is 0.309 e. The normalized spacial score (nSPS) is 12.7. The average molecular weight is 697 g/mol. The number of hydrogen-bond donors (Lipinski definition) is 0. The summed E-state index contributed by atoms with van der Waals surface area (Å²) in [5, 5.41) is 13.8. The third-order valence-corrected chi connectivity index (χ3v) is 12.5. The lowest BCUT2D eigenvalue weighted by atomic mass is 9.99. The van der Waals surface area contributed by atoms with Crippen LogP contribution >= 0.6 is 0 Å². The highest BCUT2D eigenvalue weighted by molar-refractivity contribution is 6.30. The fourth-order valence-corrected chi connectivity index (χ4v) is 10.3. The van der Waals surface area contributed by atoms with E-state index in [0.29, 0.717) is 0 Å². The molecule has 0 saturated carbocycles. The number of nitrogens with zero attached hydrogens (tertiary/aromatic N) is 4. The van der Waals surface area contributed by atoms with Crippen molar-refractivity contribution in [3.63, 3.8) is 0 Å². The Bertz CT molecular complexity index is 3940. The number of pyridine rings is 1. The van der Waals surface area contributed by atoms with Crippen molar-refractivity contribution in [1.29, 1.82) is 0 Å². The van der Waals surface area contributed by atoms with Crippen molar-refractivity contribution >= 4 is 109 Å². The van der Waals surface area contributed by atoms with Gasteiger partial charge in [-0.25, -0.2) is 4.98 Å². The van der Waals surface area contributed by atoms with Crippen molar-refractivity contribution < 1.29 is 0 Å². The van der Waals surface area contributed by atoms with Crippen LogP contribution in [-0.4, -0.2) is 18.4 Å². The molecule has 0 radical (unpaired) electrons. The fourth-order valence-electron chi connectivity index (χ4n) is 10.3. The van der Waals surface area contributed by atoms with Crippen LogP contribution in [0, 0.1) is 0 Å². The molecule has 14 aromatic rings. The Morgan fingerprint density at radius 1 is 0.364 bits per heavy atom. The van der Waals surface area contributed by atoms with Crippen molar-refractivity contribution in [3.8, 4) is 16.8 Å². The highest BCUT2D eigenvalue weighted by Crippen LogP contribution is 2.46. The monoisotopic (exact) mass is 696 g/mol. The first-order valence-electron chi connectivity index (χ1n) is 19.0. The van der Waals surface area contributed by atoms with E-state index in [2.05, 4.69) is 183 Å². The second-order valence-corrected chi connectivity index (χ2v) is 15.1. The van der Waals surface area contributed by atoms with Crippen LogP contribution in [0.1, 0.15) is 0 Å². The highest BCUT2D eigenvalue weighted by atomic mass is 15.0. The van der Waals surface area contributed by atoms with E-state index in [4.69, 9.17) is 4.98 Å². The van der Waals surface area contributed by atoms with E-state index in [9.17, 15) is 0 Å². The molecule has 0 amide bonds. The predicted molar refractivity (Wildman–Crippen MR) is 231 cm³/mol. The van der Waals surface area contributed by atoms with E-state index in [-0.39, 0.29) is 0 Å². The minimum Gasteiger partial charge on any atom is -0.309 e. The van der Waals surface area contributed by atoms with Gasteiger partial charge in [-0.1, -0.05) is 127 Å². The van der Waals surface area contributed by atoms with Gasteiger partial charge in [0.15, 0.2) is 0 Å². The Morgan fingerprint density at radius 3 is 1.91 bits per heavy atom. The Balaban J connectivity index is 1.10. The minimum absolute atomic E-state index is 1.01. The summed E-state index contributed by atoms with van der Waals surface area (Å²) < 4.78 is 7.31. The molecule has 0 atom stereocenters. The molecule has 0 aliphatic carbocycles. The highest BCUT2D eigenvalue weighted by Gasteiger charge is 2.25. The zero-order chi connectivity index (χ0) is 35.5. The maximum atomic E-state index is 5.68. The maximum absolute atomic E-state index is 5.68. The molecule has 4 heteroatoms. The number of hydrogen-bond acceptors (Lipinski definition) is 1. The van der Waals surface area contributed by atoms with Gasteiger partial charge in [-0.2, -0.15) is 0 Å². The zero-order valence-corrected chi connectivity index (χ0v) is 29.5. The predicted octanol–water partition coefficient (Wildman–Crippen LogP) is 13.3. The number of benzene rings is 8. The Hall–Kier alpha value is -7.43. The zero-order valence-electron chi connectivity index (χ0n) is 29.5. The molecular formula is C51H28N4. The van der Waals surface area contributed by atoms with Crippen LogP contribution in [0.3, 0.4) is 0 Å². The van der Waals surface area contributed by atoms with Crippen molar-refractivity contribution in [2.24, 2.45) is 0 Å². The topological polar surface area (TPSA) is 26.6 Å². The molecule has 0 aliphatic rings. The van der Waals surface area contributed by atoms with E-state index in [1.165, 1.54) is 109 Å². The van der Waals surface area contributed by atoms with Crippen molar-refractivity contribution in [1.82, 2.24) is 18.4 Å². The molecule has 0 bridgehead atoms. The summed E-state index contributed by atoms with van der Waals surface area (Å²) in [6.45, 7) is 0. The summed E-state index contributed by atoms with van der Waals surface area (Å²) in [6, 6.07) is 62.4. The molecule has 252 valence electrons. The Labute approximate surface area is 313 Å². The van der Waals surface area contributed by atoms with Crippen molar-refractivity contribution in [2.75, 3.05) is 0 Å². The van der Waals surface area contributed by atoms with Gasteiger partial charge in [0.25, 0.3) is 0 Å². The fraction of sp³-hybridized carbons (Fsp3) is 0. The van der Waals surface area contributed by atoms with Gasteiger partial charge in [-0.05, 0) is 58.8 Å². The standard InChI is InChI=1S/C51H28N4/c1-2-12-31(13-3-1)53-42-22-7-6-15-34(42)40-27-30(24-25-43(40)53)33-16-8-17-35-36-18-9-19-37-41-28-45-47(52-51(41)55(48(33)35)49(36)37)39-21-10-20-38-46-32-14-5-4-11-29(32)23-26-44(46)54(45)50(38)39/h1-28H. The molecule has 6 heterocycles. The van der Waals surface area contributed by atoms with Gasteiger partial charge in [-0.15, -0.1) is 0 Å². The average Bonchev–Trinajstić information content (AvgIpc) is 4.03. The summed E-state index contributed by atoms with van der Waals surface area (Å²) in [5.41, 5.74) is 14.1. The summed E-state index contributed by atoms with van der Waals surface area (Å²) in [5.74, 6) is 0. The van der Waals surface area contributed by atoms with Gasteiger partial charge < -0.3 is 8.97 Å². The number of rotatable bonds is 2. The van der Waals surface area contributed by atoms with Gasteiger partial charge in [-0.3, -0.25) is 4.40 Å². The minimum atomic E-state index is 1.01. The smallest absolute Gasteiger partial charge is 0.146 e. The lowest BCUT2D eigenvalue weighted by Gasteiger charge is -2.09. The molecule has 0 unspecified atom stereocenters. The van der Waals surface area contributed by atoms with E-state index in [1.54, 1.807) is 0 Å². The van der Waals surface area contributed by atoms with Gasteiger partial charge in [0.1, 0.15) is 5.65 Å². The molecule has 8 aromatic carbocycles. The number of fused-ring (bicyclic) bond motifs is 17. The summed E-state index contributed by atoms with van der Waals surface area (Å²) in [6.07, 6.45) is 0. The lowest BCUT2D eigenvalue weighted by Crippen LogP contribution is -1.93. The molecule has 0 saturated heterocycles. The third kappa shape index (κ3) is 3.33. The molecule has 0 spiro atoms. The van der Waals surface area contributed by atoms with E-state index in [0.717, 1.165) is 16.7 Å². The Kier molecular flexibility index (Phi) is 4.99. The summed E-state index contributed by atoms with van der Waals surface area (Å²) in [7, 11) is 0. The number of aromatic nitrogens is 4. The van der Waals surface area contributed by atoms with E-state index in [1.807, 2.05) is 0 Å². The molecule has 0 fully saturated rings. The quantitative estimate of drug-likeness (QED) is 0.177. The van der Waals surface area contributed by atoms with Gasteiger partial charge in [0.2, 0.25) is 0 Å². The van der Waals surface area contributed by atoms with Crippen LogP contribution in [0.4, 0.5) is 0 Å². The molecule has 55 heavy (non-hydrogen) atoms. The van der Waals surface area contributed by atoms with Crippen LogP contribution < -0.4 is 0 Å². The maximum Gasteiger partial charge on any atom is 0.146 e. The van der Waals surface area contributed by atoms with Crippen LogP contribution in [0.5, 0.6) is 0 Å². The van der Waals surface area contributed by atoms with Crippen molar-refractivity contribution in [2.45, 2.75) is 0 Å². The molecular weight excluding hydrogens is 669 g/mol. The third-order valence-electron chi connectivity index (χ3n) is 12.5. The molecule has 0 aliphatic heterocycles.